The first-order chi connectivity index (χ1) is 17.2. The number of nitrogens with zero attached hydrogens (tertiary/aromatic N) is 2. The summed E-state index contributed by atoms with van der Waals surface area (Å²) in [5.41, 5.74) is 1.94. The molecule has 0 radical (unpaired) electrons. The van der Waals surface area contributed by atoms with E-state index in [2.05, 4.69) is 11.0 Å². The van der Waals surface area contributed by atoms with Gasteiger partial charge < -0.3 is 24.4 Å². The first-order valence-corrected chi connectivity index (χ1v) is 13.9. The number of hydrogen-bond donors (Lipinski definition) is 1. The van der Waals surface area contributed by atoms with Gasteiger partial charge in [0.25, 0.3) is 5.91 Å². The van der Waals surface area contributed by atoms with E-state index in [1.165, 1.54) is 58.0 Å². The third-order valence-corrected chi connectivity index (χ3v) is 8.60. The lowest BCUT2D eigenvalue weighted by Gasteiger charge is -2.41. The molecular weight excluding hydrogens is 440 g/mol. The average Bonchev–Trinajstić information content (AvgIpc) is 3.48. The molecule has 5 rings (SSSR count). The maximum atomic E-state index is 13.5. The zero-order valence-electron chi connectivity index (χ0n) is 21.1. The minimum Gasteiger partial charge on any atom is -0.459 e. The summed E-state index contributed by atoms with van der Waals surface area (Å²) in [4.78, 5) is 18.2. The highest BCUT2D eigenvalue weighted by atomic mass is 16.7. The Morgan fingerprint density at radius 3 is 2.29 bits per heavy atom. The van der Waals surface area contributed by atoms with Crippen molar-refractivity contribution in [3.63, 3.8) is 0 Å². The highest BCUT2D eigenvalue weighted by Gasteiger charge is 2.36. The molecule has 1 amide bonds. The normalized spacial score (nSPS) is 27.0. The molecule has 6 nitrogen and oxygen atoms in total. The Bertz CT molecular complexity index is 850. The third kappa shape index (κ3) is 6.28. The number of piperidine rings is 2. The molecule has 35 heavy (non-hydrogen) atoms. The second-order valence-corrected chi connectivity index (χ2v) is 10.9. The van der Waals surface area contributed by atoms with Gasteiger partial charge in [-0.2, -0.15) is 0 Å². The molecular formula is C29H42N2O4. The van der Waals surface area contributed by atoms with Crippen LogP contribution in [0.5, 0.6) is 0 Å². The predicted molar refractivity (Wildman–Crippen MR) is 135 cm³/mol. The van der Waals surface area contributed by atoms with Crippen molar-refractivity contribution in [2.45, 2.75) is 89.8 Å². The molecule has 2 saturated heterocycles. The van der Waals surface area contributed by atoms with E-state index in [4.69, 9.17) is 9.47 Å². The van der Waals surface area contributed by atoms with Gasteiger partial charge in [0.2, 0.25) is 6.29 Å². The zero-order valence-corrected chi connectivity index (χ0v) is 21.1. The molecule has 2 atom stereocenters. The maximum Gasteiger partial charge on any atom is 0.288 e. The lowest BCUT2D eigenvalue weighted by atomic mass is 9.86. The molecule has 0 aromatic heterocycles. The molecule has 0 spiro atoms. The number of carbonyl (C=O) groups excluding carboxylic acids is 1. The van der Waals surface area contributed by atoms with E-state index in [9.17, 15) is 9.90 Å². The van der Waals surface area contributed by atoms with Crippen LogP contribution in [0.2, 0.25) is 0 Å². The van der Waals surface area contributed by atoms with Crippen LogP contribution >= 0.6 is 0 Å². The molecule has 0 bridgehead atoms. The number of rotatable bonds is 7. The highest BCUT2D eigenvalue weighted by Crippen LogP contribution is 2.39. The van der Waals surface area contributed by atoms with Crippen molar-refractivity contribution in [2.24, 2.45) is 11.8 Å². The number of aliphatic hydroxyl groups excluding tert-OH is 1. The Hall–Kier alpha value is -1.89. The lowest BCUT2D eigenvalue weighted by molar-refractivity contribution is -0.161. The van der Waals surface area contributed by atoms with Crippen molar-refractivity contribution in [3.05, 3.63) is 47.2 Å². The summed E-state index contributed by atoms with van der Waals surface area (Å²) < 4.78 is 12.4. The number of carbonyl (C=O) groups is 1. The van der Waals surface area contributed by atoms with Crippen molar-refractivity contribution in [1.29, 1.82) is 0 Å². The topological polar surface area (TPSA) is 62.2 Å². The highest BCUT2D eigenvalue weighted by molar-refractivity contribution is 5.91. The van der Waals surface area contributed by atoms with Gasteiger partial charge in [0.15, 0.2) is 5.76 Å². The summed E-state index contributed by atoms with van der Waals surface area (Å²) in [5.74, 6) is 1.52. The molecule has 1 aromatic carbocycles. The fourth-order valence-corrected chi connectivity index (χ4v) is 6.46. The first kappa shape index (κ1) is 24.8. The van der Waals surface area contributed by atoms with Gasteiger partial charge in [-0.05, 0) is 80.7 Å². The van der Waals surface area contributed by atoms with Crippen LogP contribution in [-0.4, -0.2) is 59.3 Å². The van der Waals surface area contributed by atoms with Crippen molar-refractivity contribution in [1.82, 2.24) is 9.80 Å². The van der Waals surface area contributed by atoms with Gasteiger partial charge in [-0.3, -0.25) is 4.79 Å². The maximum absolute atomic E-state index is 13.5. The van der Waals surface area contributed by atoms with Crippen LogP contribution in [0.25, 0.3) is 0 Å². The molecule has 0 unspecified atom stereocenters. The quantitative estimate of drug-likeness (QED) is 0.615. The van der Waals surface area contributed by atoms with Crippen LogP contribution in [0.15, 0.2) is 36.1 Å². The van der Waals surface area contributed by atoms with E-state index in [-0.39, 0.29) is 12.5 Å². The van der Waals surface area contributed by atoms with Gasteiger partial charge in [0.1, 0.15) is 0 Å². The van der Waals surface area contributed by atoms with E-state index in [1.54, 1.807) is 0 Å². The van der Waals surface area contributed by atoms with Crippen LogP contribution in [0.3, 0.4) is 0 Å². The van der Waals surface area contributed by atoms with Gasteiger partial charge in [0, 0.05) is 25.6 Å². The molecule has 1 aliphatic carbocycles. The van der Waals surface area contributed by atoms with Crippen LogP contribution in [0, 0.1) is 11.8 Å². The molecule has 6 heteroatoms. The number of likely N-dealkylation sites (tertiary alicyclic amines) is 2. The summed E-state index contributed by atoms with van der Waals surface area (Å²) in [6, 6.07) is 8.43. The van der Waals surface area contributed by atoms with E-state index in [1.807, 2.05) is 29.2 Å². The Balaban J connectivity index is 1.20. The fourth-order valence-electron chi connectivity index (χ4n) is 6.46. The van der Waals surface area contributed by atoms with E-state index < -0.39 is 6.29 Å². The number of amides is 1. The summed E-state index contributed by atoms with van der Waals surface area (Å²) in [6.45, 7) is 4.56. The number of aliphatic hydroxyl groups is 1. The van der Waals surface area contributed by atoms with Crippen molar-refractivity contribution in [3.8, 4) is 0 Å². The lowest BCUT2D eigenvalue weighted by Crippen LogP contribution is -2.49. The van der Waals surface area contributed by atoms with Gasteiger partial charge in [-0.1, -0.05) is 43.5 Å². The van der Waals surface area contributed by atoms with E-state index in [0.29, 0.717) is 30.2 Å². The Kier molecular flexibility index (Phi) is 8.43. The molecule has 4 aliphatic rings. The minimum atomic E-state index is -0.395. The van der Waals surface area contributed by atoms with Crippen molar-refractivity contribution in [2.75, 3.05) is 26.2 Å². The van der Waals surface area contributed by atoms with Gasteiger partial charge >= 0.3 is 0 Å². The summed E-state index contributed by atoms with van der Waals surface area (Å²) in [7, 11) is 0. The monoisotopic (exact) mass is 482 g/mol. The largest absolute Gasteiger partial charge is 0.459 e. The number of ether oxygens (including phenoxy) is 2. The SMILES string of the molecule is O=C(C1=C[C@H](C2CCCC2)C[C@H](OCc2ccc(CO)cc2)O1)N1CCC(N2CCCCC2)CC1. The smallest absolute Gasteiger partial charge is 0.288 e. The van der Waals surface area contributed by atoms with Crippen LogP contribution < -0.4 is 0 Å². The van der Waals surface area contributed by atoms with E-state index in [0.717, 1.165) is 43.5 Å². The average molecular weight is 483 g/mol. The Labute approximate surface area is 210 Å². The second-order valence-electron chi connectivity index (χ2n) is 10.9. The standard InChI is InChI=1S/C29H42N2O4/c32-20-22-8-10-23(11-9-22)21-34-28-19-25(24-6-2-3-7-24)18-27(35-28)29(33)31-16-12-26(13-17-31)30-14-4-1-5-15-30/h8-11,18,24-26,28,32H,1-7,12-17,19-21H2/t25-,28+/m0/s1. The zero-order chi connectivity index (χ0) is 24.0. The molecule has 192 valence electrons. The number of allylic oxidation sites excluding steroid dienone is 1. The molecule has 3 aliphatic heterocycles. The van der Waals surface area contributed by atoms with Gasteiger partial charge in [-0.25, -0.2) is 0 Å². The van der Waals surface area contributed by atoms with Crippen LogP contribution in [-0.2, 0) is 27.5 Å². The summed E-state index contributed by atoms with van der Waals surface area (Å²) >= 11 is 0. The van der Waals surface area contributed by atoms with Gasteiger partial charge in [-0.15, -0.1) is 0 Å². The molecule has 1 saturated carbocycles. The molecule has 1 N–H and O–H groups in total. The van der Waals surface area contributed by atoms with Gasteiger partial charge in [0.05, 0.1) is 13.2 Å². The minimum absolute atomic E-state index is 0.0431. The van der Waals surface area contributed by atoms with Crippen LogP contribution in [0.4, 0.5) is 0 Å². The number of benzene rings is 1. The predicted octanol–water partition coefficient (Wildman–Crippen LogP) is 4.61. The van der Waals surface area contributed by atoms with E-state index >= 15 is 0 Å². The van der Waals surface area contributed by atoms with Crippen molar-refractivity contribution >= 4 is 5.91 Å². The van der Waals surface area contributed by atoms with Crippen LogP contribution in [0.1, 0.15) is 75.3 Å². The molecule has 1 aromatic rings. The molecule has 3 fully saturated rings. The second kappa shape index (κ2) is 11.9. The first-order valence-electron chi connectivity index (χ1n) is 13.9. The Morgan fingerprint density at radius 1 is 0.914 bits per heavy atom. The van der Waals surface area contributed by atoms with Crippen molar-refractivity contribution < 1.29 is 19.4 Å². The molecule has 3 heterocycles. The summed E-state index contributed by atoms with van der Waals surface area (Å²) in [6.07, 6.45) is 13.7. The summed E-state index contributed by atoms with van der Waals surface area (Å²) in [5, 5.41) is 9.27. The number of hydrogen-bond acceptors (Lipinski definition) is 5. The third-order valence-electron chi connectivity index (χ3n) is 8.60. The Morgan fingerprint density at radius 2 is 1.60 bits per heavy atom. The fraction of sp³-hybridized carbons (Fsp3) is 0.690.